The Hall–Kier alpha value is -4.29. The highest BCUT2D eigenvalue weighted by Crippen LogP contribution is 2.49. The summed E-state index contributed by atoms with van der Waals surface area (Å²) in [5.41, 5.74) is 5.81. The summed E-state index contributed by atoms with van der Waals surface area (Å²) in [5, 5.41) is 2.43. The molecule has 0 unspecified atom stereocenters. The van der Waals surface area contributed by atoms with E-state index in [1.807, 2.05) is 24.3 Å². The predicted molar refractivity (Wildman–Crippen MR) is 201 cm³/mol. The molecule has 0 aliphatic heterocycles. The second-order valence-electron chi connectivity index (χ2n) is 13.5. The molecule has 0 aliphatic carbocycles. The molecule has 0 amide bonds. The zero-order chi connectivity index (χ0) is 35.6. The van der Waals surface area contributed by atoms with Gasteiger partial charge in [0, 0.05) is 0 Å². The van der Waals surface area contributed by atoms with Crippen molar-refractivity contribution in [2.45, 2.75) is 39.3 Å². The minimum Gasteiger partial charge on any atom is -0.493 e. The summed E-state index contributed by atoms with van der Waals surface area (Å²) in [5.74, 6) is 5.10. The lowest BCUT2D eigenvalue weighted by atomic mass is 9.88. The van der Waals surface area contributed by atoms with Crippen LogP contribution < -0.4 is 48.3 Å². The molecule has 0 radical (unpaired) electrons. The third kappa shape index (κ3) is 6.95. The largest absolute Gasteiger partial charge is 0.493 e. The van der Waals surface area contributed by atoms with Gasteiger partial charge in [-0.15, -0.1) is 0 Å². The van der Waals surface area contributed by atoms with Crippen LogP contribution in [0.4, 0.5) is 0 Å². The van der Waals surface area contributed by atoms with Crippen molar-refractivity contribution in [3.05, 3.63) is 48.5 Å². The molecular formula is C38H50O8Si2. The van der Waals surface area contributed by atoms with Gasteiger partial charge in [-0.2, -0.15) is 0 Å². The Morgan fingerprint density at radius 2 is 0.438 bits per heavy atom. The molecule has 0 fully saturated rings. The van der Waals surface area contributed by atoms with Gasteiger partial charge in [0.25, 0.3) is 0 Å². The van der Waals surface area contributed by atoms with Crippen LogP contribution in [-0.2, 0) is 0 Å². The molecule has 4 rings (SSSR count). The van der Waals surface area contributed by atoms with Gasteiger partial charge in [0.05, 0.1) is 73.0 Å². The molecular weight excluding hydrogens is 641 g/mol. The van der Waals surface area contributed by atoms with Crippen molar-refractivity contribution in [3.8, 4) is 79.4 Å². The highest BCUT2D eigenvalue weighted by Gasteiger charge is 2.30. The summed E-state index contributed by atoms with van der Waals surface area (Å²) in [6.07, 6.45) is 0. The monoisotopic (exact) mass is 690 g/mol. The summed E-state index contributed by atoms with van der Waals surface area (Å²) in [6.45, 7) is 13.9. The summed E-state index contributed by atoms with van der Waals surface area (Å²) in [6, 6.07) is 16.6. The van der Waals surface area contributed by atoms with Crippen LogP contribution in [0, 0.1) is 0 Å². The predicted octanol–water partition coefficient (Wildman–Crippen LogP) is 7.85. The van der Waals surface area contributed by atoms with Crippen LogP contribution in [0.5, 0.6) is 46.0 Å². The number of methoxy groups -OCH3 is 8. The van der Waals surface area contributed by atoms with Crippen molar-refractivity contribution in [1.82, 2.24) is 0 Å². The first-order valence-electron chi connectivity index (χ1n) is 15.8. The molecule has 0 N–H and O–H groups in total. The third-order valence-corrected chi connectivity index (χ3v) is 12.6. The van der Waals surface area contributed by atoms with Crippen LogP contribution in [0.2, 0.25) is 39.3 Å². The number of hydrogen-bond donors (Lipinski definition) is 0. The highest BCUT2D eigenvalue weighted by atomic mass is 28.3. The normalized spacial score (nSPS) is 11.5. The van der Waals surface area contributed by atoms with Gasteiger partial charge in [0.15, 0.2) is 46.0 Å². The number of benzene rings is 4. The van der Waals surface area contributed by atoms with Gasteiger partial charge in [0.1, 0.15) is 0 Å². The van der Waals surface area contributed by atoms with E-state index in [9.17, 15) is 0 Å². The SMILES string of the molecule is COc1cc(-c2cc(OC)c(OC)cc2-c2cc(OC)c(OC)cc2[Si](C)(C)C)c(-c2cc(OC)c(OC)cc2[Si](C)(C)C)cc1OC. The standard InChI is InChI=1S/C38H50O8Si2/c1-39-29-15-23(25(17-31(29)41-3)27-19-33(43-5)35(45-7)21-37(27)47(9,10)11)24-16-30(40-2)32(42-4)18-26(24)28-20-34(44-6)36(46-8)22-38(28)48(12,13)14/h15-22H,1-14H3. The summed E-state index contributed by atoms with van der Waals surface area (Å²) >= 11 is 0. The first kappa shape index (κ1) is 36.5. The van der Waals surface area contributed by atoms with E-state index in [4.69, 9.17) is 37.9 Å². The van der Waals surface area contributed by atoms with E-state index in [1.54, 1.807) is 56.9 Å². The van der Waals surface area contributed by atoms with Crippen molar-refractivity contribution in [1.29, 1.82) is 0 Å². The van der Waals surface area contributed by atoms with E-state index < -0.39 is 16.1 Å². The molecule has 10 heteroatoms. The van der Waals surface area contributed by atoms with Crippen LogP contribution in [0.15, 0.2) is 48.5 Å². The van der Waals surface area contributed by atoms with Crippen molar-refractivity contribution in [2.24, 2.45) is 0 Å². The van der Waals surface area contributed by atoms with Gasteiger partial charge in [-0.05, 0) is 92.3 Å². The lowest BCUT2D eigenvalue weighted by Gasteiger charge is -2.28. The fraction of sp³-hybridized carbons (Fsp3) is 0.368. The average Bonchev–Trinajstić information content (AvgIpc) is 3.08. The van der Waals surface area contributed by atoms with Crippen molar-refractivity contribution in [2.75, 3.05) is 56.9 Å². The van der Waals surface area contributed by atoms with Gasteiger partial charge >= 0.3 is 0 Å². The second-order valence-corrected chi connectivity index (χ2v) is 23.6. The summed E-state index contributed by atoms with van der Waals surface area (Å²) in [4.78, 5) is 0. The van der Waals surface area contributed by atoms with Crippen LogP contribution >= 0.6 is 0 Å². The molecule has 0 saturated carbocycles. The quantitative estimate of drug-likeness (QED) is 0.131. The molecule has 0 aliphatic rings. The molecule has 8 nitrogen and oxygen atoms in total. The fourth-order valence-corrected chi connectivity index (χ4v) is 9.25. The summed E-state index contributed by atoms with van der Waals surface area (Å²) in [7, 11) is 9.34. The molecule has 48 heavy (non-hydrogen) atoms. The highest BCUT2D eigenvalue weighted by molar-refractivity contribution is 6.90. The maximum atomic E-state index is 5.91. The van der Waals surface area contributed by atoms with Crippen LogP contribution in [-0.4, -0.2) is 73.0 Å². The van der Waals surface area contributed by atoms with Crippen LogP contribution in [0.3, 0.4) is 0 Å². The second kappa shape index (κ2) is 14.5. The number of hydrogen-bond acceptors (Lipinski definition) is 8. The molecule has 4 aromatic carbocycles. The van der Waals surface area contributed by atoms with Crippen LogP contribution in [0.1, 0.15) is 0 Å². The first-order chi connectivity index (χ1) is 22.7. The van der Waals surface area contributed by atoms with E-state index in [-0.39, 0.29) is 0 Å². The number of rotatable bonds is 13. The van der Waals surface area contributed by atoms with Crippen molar-refractivity contribution < 1.29 is 37.9 Å². The van der Waals surface area contributed by atoms with Gasteiger partial charge in [-0.3, -0.25) is 0 Å². The maximum Gasteiger partial charge on any atom is 0.161 e. The lowest BCUT2D eigenvalue weighted by molar-refractivity contribution is 0.354. The topological polar surface area (TPSA) is 73.8 Å². The Morgan fingerprint density at radius 1 is 0.271 bits per heavy atom. The average molecular weight is 691 g/mol. The van der Waals surface area contributed by atoms with E-state index >= 15 is 0 Å². The van der Waals surface area contributed by atoms with E-state index in [0.29, 0.717) is 46.0 Å². The molecule has 0 spiro atoms. The Kier molecular flexibility index (Phi) is 11.0. The maximum absolute atomic E-state index is 5.91. The molecule has 0 aromatic heterocycles. The van der Waals surface area contributed by atoms with Gasteiger partial charge in [-0.1, -0.05) is 39.3 Å². The minimum atomic E-state index is -1.96. The van der Waals surface area contributed by atoms with Crippen molar-refractivity contribution >= 4 is 26.5 Å². The fourth-order valence-electron chi connectivity index (χ4n) is 6.09. The lowest BCUT2D eigenvalue weighted by Crippen LogP contribution is -2.39. The van der Waals surface area contributed by atoms with Gasteiger partial charge < -0.3 is 37.9 Å². The Morgan fingerprint density at radius 3 is 0.625 bits per heavy atom. The van der Waals surface area contributed by atoms with Gasteiger partial charge in [0.2, 0.25) is 0 Å². The zero-order valence-electron chi connectivity index (χ0n) is 30.9. The zero-order valence-corrected chi connectivity index (χ0v) is 32.9. The van der Waals surface area contributed by atoms with E-state index in [0.717, 1.165) is 33.4 Å². The number of ether oxygens (including phenoxy) is 8. The molecule has 0 bridgehead atoms. The molecule has 258 valence electrons. The smallest absolute Gasteiger partial charge is 0.161 e. The Bertz CT molecular complexity index is 1660. The Labute approximate surface area is 287 Å². The molecule has 0 saturated heterocycles. The van der Waals surface area contributed by atoms with Crippen LogP contribution in [0.25, 0.3) is 33.4 Å². The summed E-state index contributed by atoms with van der Waals surface area (Å²) < 4.78 is 46.9. The van der Waals surface area contributed by atoms with E-state index in [2.05, 4.69) is 63.5 Å². The van der Waals surface area contributed by atoms with E-state index in [1.165, 1.54) is 10.4 Å². The molecule has 4 aromatic rings. The third-order valence-electron chi connectivity index (χ3n) is 8.58. The van der Waals surface area contributed by atoms with Gasteiger partial charge in [-0.25, -0.2) is 0 Å². The molecule has 0 atom stereocenters. The minimum absolute atomic E-state index is 0.602. The van der Waals surface area contributed by atoms with Crippen molar-refractivity contribution in [3.63, 3.8) is 0 Å². The molecule has 0 heterocycles. The first-order valence-corrected chi connectivity index (χ1v) is 22.8. The Balaban J connectivity index is 2.29.